The van der Waals surface area contributed by atoms with Gasteiger partial charge in [-0.2, -0.15) is 0 Å². The van der Waals surface area contributed by atoms with Gasteiger partial charge in [0.1, 0.15) is 11.9 Å². The summed E-state index contributed by atoms with van der Waals surface area (Å²) in [4.78, 5) is 16.2. The van der Waals surface area contributed by atoms with Crippen LogP contribution in [0.2, 0.25) is 5.02 Å². The molecule has 0 saturated carbocycles. The summed E-state index contributed by atoms with van der Waals surface area (Å²) in [6.07, 6.45) is -0.0591. The van der Waals surface area contributed by atoms with Crippen LogP contribution >= 0.6 is 35.6 Å². The minimum Gasteiger partial charge on any atom is -0.489 e. The van der Waals surface area contributed by atoms with Crippen molar-refractivity contribution in [1.29, 1.82) is 0 Å². The number of ether oxygens (including phenoxy) is 1. The summed E-state index contributed by atoms with van der Waals surface area (Å²) < 4.78 is 5.81. The van der Waals surface area contributed by atoms with Gasteiger partial charge in [-0.05, 0) is 52.0 Å². The van der Waals surface area contributed by atoms with Crippen LogP contribution in [-0.4, -0.2) is 44.7 Å². The molecule has 0 spiro atoms. The summed E-state index contributed by atoms with van der Waals surface area (Å²) in [5.41, 5.74) is -0.529. The highest BCUT2D eigenvalue weighted by atomic mass is 127. The second-order valence-electron chi connectivity index (χ2n) is 6.43. The first-order chi connectivity index (χ1) is 11.8. The first-order valence-corrected chi connectivity index (χ1v) is 8.81. The molecule has 1 aromatic rings. The highest BCUT2D eigenvalue weighted by Crippen LogP contribution is 2.16. The molecule has 1 aromatic carbocycles. The Morgan fingerprint density at radius 1 is 1.23 bits per heavy atom. The van der Waals surface area contributed by atoms with E-state index in [9.17, 15) is 4.79 Å². The van der Waals surface area contributed by atoms with E-state index in [4.69, 9.17) is 16.3 Å². The number of nitrogens with one attached hydrogen (secondary N) is 3. The Morgan fingerprint density at radius 3 is 2.38 bits per heavy atom. The third-order valence-electron chi connectivity index (χ3n) is 3.58. The van der Waals surface area contributed by atoms with Crippen molar-refractivity contribution in [3.8, 4) is 5.75 Å². The van der Waals surface area contributed by atoms with Crippen molar-refractivity contribution >= 4 is 47.4 Å². The minimum absolute atomic E-state index is 0. The molecule has 0 heterocycles. The van der Waals surface area contributed by atoms with E-state index in [1.54, 1.807) is 19.2 Å². The van der Waals surface area contributed by atoms with Crippen LogP contribution in [-0.2, 0) is 4.79 Å². The van der Waals surface area contributed by atoms with Gasteiger partial charge in [0, 0.05) is 25.2 Å². The number of guanidine groups is 1. The summed E-state index contributed by atoms with van der Waals surface area (Å²) in [6.45, 7) is 9.33. The van der Waals surface area contributed by atoms with E-state index >= 15 is 0 Å². The van der Waals surface area contributed by atoms with Gasteiger partial charge in [0.05, 0.1) is 12.0 Å². The fraction of sp³-hybridized carbons (Fsp3) is 0.556. The van der Waals surface area contributed by atoms with Crippen molar-refractivity contribution in [2.75, 3.05) is 26.7 Å². The minimum atomic E-state index is -0.529. The van der Waals surface area contributed by atoms with Crippen LogP contribution in [0.4, 0.5) is 0 Å². The number of amides is 1. The van der Waals surface area contributed by atoms with Crippen LogP contribution in [0, 0.1) is 5.41 Å². The monoisotopic (exact) mass is 496 g/mol. The number of hydrogen-bond donors (Lipinski definition) is 3. The fourth-order valence-electron chi connectivity index (χ4n) is 2.03. The van der Waals surface area contributed by atoms with Crippen molar-refractivity contribution in [3.63, 3.8) is 0 Å². The van der Waals surface area contributed by atoms with E-state index in [0.29, 0.717) is 30.6 Å². The third-order valence-corrected chi connectivity index (χ3v) is 3.83. The number of carbonyl (C=O) groups is 1. The second kappa shape index (κ2) is 12.2. The van der Waals surface area contributed by atoms with Gasteiger partial charge in [-0.15, -0.1) is 24.0 Å². The van der Waals surface area contributed by atoms with Gasteiger partial charge in [0.15, 0.2) is 5.96 Å². The number of carbonyl (C=O) groups excluding carboxylic acids is 1. The molecule has 6 nitrogen and oxygen atoms in total. The summed E-state index contributed by atoms with van der Waals surface area (Å²) >= 11 is 5.86. The molecule has 0 aromatic heterocycles. The van der Waals surface area contributed by atoms with E-state index in [2.05, 4.69) is 20.9 Å². The molecule has 0 bridgehead atoms. The molecule has 0 aliphatic carbocycles. The maximum absolute atomic E-state index is 12.0. The number of benzene rings is 1. The van der Waals surface area contributed by atoms with Gasteiger partial charge < -0.3 is 20.7 Å². The zero-order valence-corrected chi connectivity index (χ0v) is 19.1. The van der Waals surface area contributed by atoms with Gasteiger partial charge >= 0.3 is 0 Å². The molecule has 1 rings (SSSR count). The predicted molar refractivity (Wildman–Crippen MR) is 119 cm³/mol. The van der Waals surface area contributed by atoms with Crippen LogP contribution in [0.25, 0.3) is 0 Å². The molecule has 0 aliphatic rings. The summed E-state index contributed by atoms with van der Waals surface area (Å²) in [6, 6.07) is 7.25. The number of nitrogens with zero attached hydrogens (tertiary/aromatic N) is 1. The number of hydrogen-bond acceptors (Lipinski definition) is 3. The van der Waals surface area contributed by atoms with Crippen molar-refractivity contribution in [2.45, 2.75) is 33.8 Å². The van der Waals surface area contributed by atoms with Crippen LogP contribution in [0.5, 0.6) is 5.75 Å². The third kappa shape index (κ3) is 8.93. The van der Waals surface area contributed by atoms with Crippen molar-refractivity contribution in [1.82, 2.24) is 16.0 Å². The van der Waals surface area contributed by atoms with Crippen molar-refractivity contribution < 1.29 is 9.53 Å². The van der Waals surface area contributed by atoms with Gasteiger partial charge in [0.2, 0.25) is 5.91 Å². The van der Waals surface area contributed by atoms with Crippen molar-refractivity contribution in [3.05, 3.63) is 29.3 Å². The smallest absolute Gasteiger partial charge is 0.227 e. The molecule has 3 N–H and O–H groups in total. The average molecular weight is 497 g/mol. The zero-order valence-electron chi connectivity index (χ0n) is 16.1. The highest BCUT2D eigenvalue weighted by Gasteiger charge is 2.27. The fourth-order valence-corrected chi connectivity index (χ4v) is 2.16. The van der Waals surface area contributed by atoms with Crippen LogP contribution in [0.15, 0.2) is 29.3 Å². The molecule has 0 fully saturated rings. The average Bonchev–Trinajstić information content (AvgIpc) is 2.57. The number of halogens is 2. The molecule has 1 amide bonds. The largest absolute Gasteiger partial charge is 0.489 e. The Balaban J connectivity index is 0.00000625. The van der Waals surface area contributed by atoms with E-state index in [1.165, 1.54) is 0 Å². The molecule has 26 heavy (non-hydrogen) atoms. The number of rotatable bonds is 8. The first kappa shape index (κ1) is 24.8. The Morgan fingerprint density at radius 2 is 1.85 bits per heavy atom. The summed E-state index contributed by atoms with van der Waals surface area (Å²) in [5.74, 6) is 1.40. The summed E-state index contributed by atoms with van der Waals surface area (Å²) in [7, 11) is 1.69. The van der Waals surface area contributed by atoms with E-state index in [0.717, 1.165) is 5.75 Å². The SMILES string of the molecule is CCNC(=O)C(C)(C)CNC(=NC)NCC(C)Oc1ccc(Cl)cc1.I. The molecule has 8 heteroatoms. The molecule has 0 saturated heterocycles. The lowest BCUT2D eigenvalue weighted by molar-refractivity contribution is -0.128. The standard InChI is InChI=1S/C18H29ClN4O2.HI/c1-6-21-16(24)18(3,4)12-23-17(20-5)22-11-13(2)25-15-9-7-14(19)8-10-15;/h7-10,13H,6,11-12H2,1-5H3,(H,21,24)(H2,20,22,23);1H. The maximum Gasteiger partial charge on any atom is 0.227 e. The molecule has 1 atom stereocenters. The van der Waals surface area contributed by atoms with Crippen LogP contribution < -0.4 is 20.7 Å². The highest BCUT2D eigenvalue weighted by molar-refractivity contribution is 14.0. The zero-order chi connectivity index (χ0) is 18.9. The summed E-state index contributed by atoms with van der Waals surface area (Å²) in [5, 5.41) is 9.90. The molecule has 148 valence electrons. The molecular formula is C18H30ClIN4O2. The topological polar surface area (TPSA) is 74.8 Å². The van der Waals surface area contributed by atoms with Gasteiger partial charge in [-0.3, -0.25) is 9.79 Å². The van der Waals surface area contributed by atoms with E-state index in [1.807, 2.05) is 39.8 Å². The Hall–Kier alpha value is -1.22. The van der Waals surface area contributed by atoms with E-state index in [-0.39, 0.29) is 36.0 Å². The maximum atomic E-state index is 12.0. The lowest BCUT2D eigenvalue weighted by Crippen LogP contribution is -2.49. The lowest BCUT2D eigenvalue weighted by atomic mass is 9.92. The molecule has 0 radical (unpaired) electrons. The molecule has 0 aliphatic heterocycles. The molecule has 1 unspecified atom stereocenters. The molecular weight excluding hydrogens is 467 g/mol. The van der Waals surface area contributed by atoms with Crippen LogP contribution in [0.3, 0.4) is 0 Å². The number of aliphatic imine (C=N–C) groups is 1. The van der Waals surface area contributed by atoms with Gasteiger partial charge in [0.25, 0.3) is 0 Å². The first-order valence-electron chi connectivity index (χ1n) is 8.43. The van der Waals surface area contributed by atoms with E-state index < -0.39 is 5.41 Å². The van der Waals surface area contributed by atoms with Crippen molar-refractivity contribution in [2.24, 2.45) is 10.4 Å². The quantitative estimate of drug-likeness (QED) is 0.294. The Labute approximate surface area is 178 Å². The Bertz CT molecular complexity index is 579. The predicted octanol–water partition coefficient (Wildman–Crippen LogP) is 3.05. The normalized spacial score (nSPS) is 12.6. The Kier molecular flexibility index (Phi) is 11.6. The lowest BCUT2D eigenvalue weighted by Gasteiger charge is -2.25. The van der Waals surface area contributed by atoms with Crippen LogP contribution in [0.1, 0.15) is 27.7 Å². The second-order valence-corrected chi connectivity index (χ2v) is 6.87. The van der Waals surface area contributed by atoms with Gasteiger partial charge in [-0.25, -0.2) is 0 Å². The van der Waals surface area contributed by atoms with Gasteiger partial charge in [-0.1, -0.05) is 11.6 Å².